The summed E-state index contributed by atoms with van der Waals surface area (Å²) in [6, 6.07) is 9.61. The van der Waals surface area contributed by atoms with E-state index >= 15 is 0 Å². The normalized spacial score (nSPS) is 10.2. The van der Waals surface area contributed by atoms with Crippen molar-refractivity contribution in [1.29, 1.82) is 0 Å². The van der Waals surface area contributed by atoms with Gasteiger partial charge >= 0.3 is 0 Å². The molecule has 0 bridgehead atoms. The van der Waals surface area contributed by atoms with E-state index in [-0.39, 0.29) is 17.9 Å². The van der Waals surface area contributed by atoms with Gasteiger partial charge in [-0.15, -0.1) is 0 Å². The maximum atomic E-state index is 11.9. The van der Waals surface area contributed by atoms with E-state index in [9.17, 15) is 9.59 Å². The van der Waals surface area contributed by atoms with Gasteiger partial charge in [-0.1, -0.05) is 12.1 Å². The first-order valence-corrected chi connectivity index (χ1v) is 5.61. The number of carbonyl (C=O) groups excluding carboxylic acids is 2. The Kier molecular flexibility index (Phi) is 3.63. The number of nitrogens with two attached hydrogens (primary N) is 2. The smallest absolute Gasteiger partial charge is 0.291 e. The van der Waals surface area contributed by atoms with Crippen LogP contribution in [0.1, 0.15) is 26.7 Å². The summed E-state index contributed by atoms with van der Waals surface area (Å²) in [6.07, 6.45) is 0. The van der Waals surface area contributed by atoms with Gasteiger partial charge in [0.2, 0.25) is 0 Å². The van der Waals surface area contributed by atoms with Crippen molar-refractivity contribution in [1.82, 2.24) is 0 Å². The third-order valence-corrected chi connectivity index (χ3v) is 2.53. The molecule has 5 N–H and O–H groups in total. The van der Waals surface area contributed by atoms with Crippen molar-refractivity contribution < 1.29 is 14.0 Å². The van der Waals surface area contributed by atoms with E-state index < -0.39 is 11.8 Å². The Balaban J connectivity index is 2.21. The molecule has 0 aliphatic rings. The number of carbonyl (C=O) groups is 2. The second-order valence-corrected chi connectivity index (χ2v) is 3.83. The van der Waals surface area contributed by atoms with Crippen LogP contribution in [0.5, 0.6) is 0 Å². The van der Waals surface area contributed by atoms with Crippen LogP contribution in [0.3, 0.4) is 0 Å². The number of primary amides is 1. The van der Waals surface area contributed by atoms with Crippen molar-refractivity contribution in [2.45, 2.75) is 6.54 Å². The van der Waals surface area contributed by atoms with E-state index in [2.05, 4.69) is 5.32 Å². The van der Waals surface area contributed by atoms with Crippen molar-refractivity contribution in [3.8, 4) is 0 Å². The fourth-order valence-electron chi connectivity index (χ4n) is 1.60. The number of para-hydroxylation sites is 1. The predicted octanol–water partition coefficient (Wildman–Crippen LogP) is 1.09. The van der Waals surface area contributed by atoms with Gasteiger partial charge in [-0.25, -0.2) is 0 Å². The molecule has 6 heteroatoms. The van der Waals surface area contributed by atoms with Crippen molar-refractivity contribution in [3.63, 3.8) is 0 Å². The van der Waals surface area contributed by atoms with Gasteiger partial charge < -0.3 is 21.2 Å². The maximum absolute atomic E-state index is 11.9. The largest absolute Gasteiger partial charge is 0.455 e. The second-order valence-electron chi connectivity index (χ2n) is 3.83. The monoisotopic (exact) mass is 259 g/mol. The second kappa shape index (κ2) is 5.36. The topological polar surface area (TPSA) is 111 Å². The molecule has 1 aromatic carbocycles. The summed E-state index contributed by atoms with van der Waals surface area (Å²) in [5.41, 5.74) is 11.2. The van der Waals surface area contributed by atoms with Crippen LogP contribution in [0.2, 0.25) is 0 Å². The van der Waals surface area contributed by atoms with Crippen LogP contribution in [0.15, 0.2) is 40.8 Å². The summed E-state index contributed by atoms with van der Waals surface area (Å²) in [6.45, 7) is 0.213. The molecule has 0 saturated carbocycles. The summed E-state index contributed by atoms with van der Waals surface area (Å²) in [5.74, 6) is -0.445. The van der Waals surface area contributed by atoms with Crippen molar-refractivity contribution in [2.75, 3.05) is 5.32 Å². The molecule has 6 nitrogen and oxygen atoms in total. The Bertz CT molecular complexity index is 619. The molecule has 2 rings (SSSR count). The molecular formula is C13H13N3O3. The minimum Gasteiger partial charge on any atom is -0.455 e. The molecule has 0 saturated heterocycles. The zero-order chi connectivity index (χ0) is 13.8. The van der Waals surface area contributed by atoms with Crippen LogP contribution in [-0.4, -0.2) is 11.8 Å². The number of benzene rings is 1. The van der Waals surface area contributed by atoms with E-state index in [0.717, 1.165) is 0 Å². The van der Waals surface area contributed by atoms with Crippen LogP contribution in [-0.2, 0) is 6.54 Å². The molecule has 1 heterocycles. The molecule has 2 amide bonds. The zero-order valence-electron chi connectivity index (χ0n) is 10.1. The molecule has 98 valence electrons. The lowest BCUT2D eigenvalue weighted by Crippen LogP contribution is -2.17. The van der Waals surface area contributed by atoms with Gasteiger partial charge in [0.1, 0.15) is 5.76 Å². The summed E-state index contributed by atoms with van der Waals surface area (Å²) in [4.78, 5) is 23.1. The highest BCUT2D eigenvalue weighted by Gasteiger charge is 2.14. The summed E-state index contributed by atoms with van der Waals surface area (Å²) in [7, 11) is 0. The Hall–Kier alpha value is -2.60. The van der Waals surface area contributed by atoms with E-state index in [0.29, 0.717) is 11.4 Å². The van der Waals surface area contributed by atoms with Gasteiger partial charge in [0, 0.05) is 0 Å². The Morgan fingerprint density at radius 2 is 1.89 bits per heavy atom. The number of amides is 2. The first-order valence-electron chi connectivity index (χ1n) is 5.61. The van der Waals surface area contributed by atoms with Gasteiger partial charge in [0.25, 0.3) is 11.8 Å². The number of hydrogen-bond donors (Lipinski definition) is 3. The maximum Gasteiger partial charge on any atom is 0.291 e. The number of anilines is 1. The fourth-order valence-corrected chi connectivity index (χ4v) is 1.60. The molecule has 0 aliphatic carbocycles. The lowest BCUT2D eigenvalue weighted by molar-refractivity contribution is 0.0995. The first-order chi connectivity index (χ1) is 9.11. The molecule has 0 fully saturated rings. The minimum absolute atomic E-state index is 0.125. The number of nitrogens with one attached hydrogen (secondary N) is 1. The van der Waals surface area contributed by atoms with Crippen LogP contribution in [0, 0.1) is 0 Å². The third-order valence-electron chi connectivity index (χ3n) is 2.53. The van der Waals surface area contributed by atoms with Crippen molar-refractivity contribution >= 4 is 17.5 Å². The average Bonchev–Trinajstić information content (AvgIpc) is 2.88. The molecule has 0 spiro atoms. The Labute approximate surface area is 109 Å². The number of rotatable bonds is 4. The number of furan rings is 1. The molecule has 0 atom stereocenters. The SMILES string of the molecule is NCc1ccc(C(=O)Nc2ccccc2C(N)=O)o1. The number of hydrogen-bond acceptors (Lipinski definition) is 4. The third kappa shape index (κ3) is 2.80. The molecule has 19 heavy (non-hydrogen) atoms. The van der Waals surface area contributed by atoms with E-state index in [1.807, 2.05) is 0 Å². The van der Waals surface area contributed by atoms with E-state index in [1.54, 1.807) is 24.3 Å². The van der Waals surface area contributed by atoms with Crippen LogP contribution in [0.4, 0.5) is 5.69 Å². The summed E-state index contributed by atoms with van der Waals surface area (Å²) >= 11 is 0. The highest BCUT2D eigenvalue weighted by atomic mass is 16.4. The van der Waals surface area contributed by atoms with E-state index in [4.69, 9.17) is 15.9 Å². The minimum atomic E-state index is -0.613. The zero-order valence-corrected chi connectivity index (χ0v) is 10.1. The molecule has 0 aliphatic heterocycles. The van der Waals surface area contributed by atoms with Gasteiger partial charge in [0.05, 0.1) is 17.8 Å². The van der Waals surface area contributed by atoms with E-state index in [1.165, 1.54) is 12.1 Å². The molecule has 1 aromatic heterocycles. The average molecular weight is 259 g/mol. The van der Waals surface area contributed by atoms with Gasteiger partial charge in [-0.05, 0) is 24.3 Å². The Morgan fingerprint density at radius 1 is 1.16 bits per heavy atom. The van der Waals surface area contributed by atoms with Gasteiger partial charge in [-0.2, -0.15) is 0 Å². The van der Waals surface area contributed by atoms with Crippen molar-refractivity contribution in [3.05, 3.63) is 53.5 Å². The standard InChI is InChI=1S/C13H13N3O3/c14-7-8-5-6-11(19-8)13(18)16-10-4-2-1-3-9(10)12(15)17/h1-6H,7,14H2,(H2,15,17)(H,16,18). The molecule has 2 aromatic rings. The molecule has 0 radical (unpaired) electrons. The van der Waals surface area contributed by atoms with Crippen LogP contribution < -0.4 is 16.8 Å². The lowest BCUT2D eigenvalue weighted by atomic mass is 10.1. The molecular weight excluding hydrogens is 246 g/mol. The van der Waals surface area contributed by atoms with Crippen molar-refractivity contribution in [2.24, 2.45) is 11.5 Å². The highest BCUT2D eigenvalue weighted by Crippen LogP contribution is 2.16. The Morgan fingerprint density at radius 3 is 2.53 bits per heavy atom. The van der Waals surface area contributed by atoms with Gasteiger partial charge in [0.15, 0.2) is 5.76 Å². The first kappa shape index (κ1) is 12.8. The summed E-state index contributed by atoms with van der Waals surface area (Å²) < 4.78 is 5.21. The fraction of sp³-hybridized carbons (Fsp3) is 0.0769. The highest BCUT2D eigenvalue weighted by molar-refractivity contribution is 6.07. The summed E-state index contributed by atoms with van der Waals surface area (Å²) in [5, 5.41) is 2.57. The predicted molar refractivity (Wildman–Crippen MR) is 69.5 cm³/mol. The van der Waals surface area contributed by atoms with Crippen LogP contribution >= 0.6 is 0 Å². The lowest BCUT2D eigenvalue weighted by Gasteiger charge is -2.07. The quantitative estimate of drug-likeness (QED) is 0.762. The van der Waals surface area contributed by atoms with Gasteiger partial charge in [-0.3, -0.25) is 9.59 Å². The molecule has 0 unspecified atom stereocenters. The van der Waals surface area contributed by atoms with Crippen LogP contribution in [0.25, 0.3) is 0 Å².